The second-order valence-corrected chi connectivity index (χ2v) is 7.64. The molecule has 0 bridgehead atoms. The van der Waals surface area contributed by atoms with Gasteiger partial charge in [-0.2, -0.15) is 0 Å². The zero-order chi connectivity index (χ0) is 19.3. The highest BCUT2D eigenvalue weighted by Crippen LogP contribution is 2.21. The van der Waals surface area contributed by atoms with Crippen molar-refractivity contribution in [2.24, 2.45) is 0 Å². The molecule has 0 fully saturated rings. The summed E-state index contributed by atoms with van der Waals surface area (Å²) >= 11 is 0. The van der Waals surface area contributed by atoms with Crippen molar-refractivity contribution in [2.45, 2.75) is 19.5 Å². The largest absolute Gasteiger partial charge is 0.497 e. The van der Waals surface area contributed by atoms with Gasteiger partial charge in [0.15, 0.2) is 0 Å². The third-order valence-electron chi connectivity index (χ3n) is 3.80. The van der Waals surface area contributed by atoms with E-state index in [9.17, 15) is 17.6 Å². The molecule has 6 nitrogen and oxygen atoms in total. The van der Waals surface area contributed by atoms with E-state index in [0.717, 1.165) is 28.3 Å². The lowest BCUT2D eigenvalue weighted by atomic mass is 10.2. The van der Waals surface area contributed by atoms with E-state index in [-0.39, 0.29) is 12.2 Å². The smallest absolute Gasteiger partial charge is 0.243 e. The molecule has 0 unspecified atom stereocenters. The number of carbonyl (C=O) groups excluding carboxylic acids is 1. The van der Waals surface area contributed by atoms with Crippen LogP contribution in [0.4, 0.5) is 10.1 Å². The van der Waals surface area contributed by atoms with Crippen molar-refractivity contribution in [2.75, 3.05) is 17.7 Å². The van der Waals surface area contributed by atoms with Gasteiger partial charge in [-0.15, -0.1) is 0 Å². The highest BCUT2D eigenvalue weighted by Gasteiger charge is 2.28. The number of nitrogens with one attached hydrogen (secondary N) is 1. The summed E-state index contributed by atoms with van der Waals surface area (Å²) in [6.07, 6.45) is 1.00. The molecule has 2 aromatic rings. The predicted octanol–water partition coefficient (Wildman–Crippen LogP) is 2.31. The molecule has 140 valence electrons. The van der Waals surface area contributed by atoms with Gasteiger partial charge in [0.05, 0.1) is 19.1 Å². The van der Waals surface area contributed by atoms with Crippen LogP contribution < -0.4 is 14.4 Å². The summed E-state index contributed by atoms with van der Waals surface area (Å²) < 4.78 is 43.4. The molecule has 2 rings (SSSR count). The van der Waals surface area contributed by atoms with E-state index in [0.29, 0.717) is 5.75 Å². The molecule has 0 spiro atoms. The van der Waals surface area contributed by atoms with Crippen LogP contribution in [0.25, 0.3) is 0 Å². The van der Waals surface area contributed by atoms with Gasteiger partial charge in [0.25, 0.3) is 0 Å². The first-order chi connectivity index (χ1) is 12.2. The minimum absolute atomic E-state index is 0.223. The Morgan fingerprint density at radius 3 is 2.23 bits per heavy atom. The van der Waals surface area contributed by atoms with Crippen LogP contribution in [-0.4, -0.2) is 33.7 Å². The Labute approximate surface area is 152 Å². The molecular weight excluding hydrogens is 359 g/mol. The highest BCUT2D eigenvalue weighted by molar-refractivity contribution is 7.92. The van der Waals surface area contributed by atoms with Crippen molar-refractivity contribution in [1.29, 1.82) is 0 Å². The van der Waals surface area contributed by atoms with Crippen molar-refractivity contribution in [1.82, 2.24) is 5.32 Å². The normalized spacial score (nSPS) is 12.3. The maximum Gasteiger partial charge on any atom is 0.243 e. The Balaban J connectivity index is 2.12. The molecule has 0 aliphatic rings. The van der Waals surface area contributed by atoms with E-state index in [4.69, 9.17) is 4.74 Å². The minimum Gasteiger partial charge on any atom is -0.497 e. The van der Waals surface area contributed by atoms with E-state index in [1.54, 1.807) is 31.4 Å². The van der Waals surface area contributed by atoms with Gasteiger partial charge in [-0.3, -0.25) is 9.10 Å². The number of methoxy groups -OCH3 is 1. The molecule has 2 aromatic carbocycles. The fourth-order valence-corrected chi connectivity index (χ4v) is 3.65. The number of hydrogen-bond donors (Lipinski definition) is 1. The van der Waals surface area contributed by atoms with Crippen LogP contribution in [0, 0.1) is 5.82 Å². The number of halogens is 1. The average molecular weight is 380 g/mol. The molecule has 0 saturated carbocycles. The average Bonchev–Trinajstić information content (AvgIpc) is 2.60. The van der Waals surface area contributed by atoms with E-state index in [1.165, 1.54) is 19.1 Å². The van der Waals surface area contributed by atoms with E-state index < -0.39 is 27.8 Å². The monoisotopic (exact) mass is 380 g/mol. The van der Waals surface area contributed by atoms with Crippen molar-refractivity contribution in [3.8, 4) is 5.75 Å². The number of nitrogens with zero attached hydrogens (tertiary/aromatic N) is 1. The number of ether oxygens (including phenoxy) is 1. The molecule has 1 amide bonds. The maximum atomic E-state index is 13.1. The number of amides is 1. The molecule has 0 aliphatic carbocycles. The standard InChI is InChI=1S/C18H21FN2O4S/c1-13(18(22)20-12-14-4-10-17(25-2)11-5-14)21(26(3,23)24)16-8-6-15(19)7-9-16/h4-11,13H,12H2,1-3H3,(H,20,22)/t13-/m0/s1. The molecule has 1 N–H and O–H groups in total. The maximum absolute atomic E-state index is 13.1. The summed E-state index contributed by atoms with van der Waals surface area (Å²) in [6, 6.07) is 11.1. The van der Waals surface area contributed by atoms with Gasteiger partial charge in [-0.05, 0) is 48.9 Å². The summed E-state index contributed by atoms with van der Waals surface area (Å²) in [5.41, 5.74) is 1.07. The lowest BCUT2D eigenvalue weighted by molar-refractivity contribution is -0.122. The lowest BCUT2D eigenvalue weighted by Crippen LogP contribution is -2.47. The predicted molar refractivity (Wildman–Crippen MR) is 98.0 cm³/mol. The topological polar surface area (TPSA) is 75.7 Å². The Hall–Kier alpha value is -2.61. The highest BCUT2D eigenvalue weighted by atomic mass is 32.2. The first-order valence-corrected chi connectivity index (χ1v) is 9.73. The number of hydrogen-bond acceptors (Lipinski definition) is 4. The Bertz CT molecular complexity index is 852. The van der Waals surface area contributed by atoms with E-state index in [2.05, 4.69) is 5.32 Å². The number of rotatable bonds is 7. The first-order valence-electron chi connectivity index (χ1n) is 7.88. The van der Waals surface area contributed by atoms with Crippen LogP contribution in [0.15, 0.2) is 48.5 Å². The number of carbonyl (C=O) groups is 1. The third kappa shape index (κ3) is 4.95. The number of benzene rings is 2. The molecular formula is C18H21FN2O4S. The summed E-state index contributed by atoms with van der Waals surface area (Å²) in [5, 5.41) is 2.71. The zero-order valence-electron chi connectivity index (χ0n) is 14.8. The summed E-state index contributed by atoms with van der Waals surface area (Å²) in [7, 11) is -2.17. The molecule has 0 heterocycles. The van der Waals surface area contributed by atoms with Crippen LogP contribution in [-0.2, 0) is 21.4 Å². The molecule has 0 radical (unpaired) electrons. The lowest BCUT2D eigenvalue weighted by Gasteiger charge is -2.28. The van der Waals surface area contributed by atoms with Crippen LogP contribution in [0.1, 0.15) is 12.5 Å². The van der Waals surface area contributed by atoms with Gasteiger partial charge >= 0.3 is 0 Å². The first kappa shape index (κ1) is 19.7. The summed E-state index contributed by atoms with van der Waals surface area (Å²) in [5.74, 6) is -0.248. The SMILES string of the molecule is COc1ccc(CNC(=O)[C@H](C)N(c2ccc(F)cc2)S(C)(=O)=O)cc1. The van der Waals surface area contributed by atoms with Crippen molar-refractivity contribution >= 4 is 21.6 Å². The van der Waals surface area contributed by atoms with Gasteiger partial charge in [-0.1, -0.05) is 12.1 Å². The van der Waals surface area contributed by atoms with Gasteiger partial charge < -0.3 is 10.1 Å². The molecule has 0 aromatic heterocycles. The van der Waals surface area contributed by atoms with Crippen LogP contribution in [0.2, 0.25) is 0 Å². The Morgan fingerprint density at radius 1 is 1.15 bits per heavy atom. The molecule has 8 heteroatoms. The minimum atomic E-state index is -3.73. The Morgan fingerprint density at radius 2 is 1.73 bits per heavy atom. The number of sulfonamides is 1. The van der Waals surface area contributed by atoms with Gasteiger partial charge in [0, 0.05) is 6.54 Å². The van der Waals surface area contributed by atoms with Gasteiger partial charge in [-0.25, -0.2) is 12.8 Å². The Kier molecular flexibility index (Phi) is 6.20. The van der Waals surface area contributed by atoms with E-state index >= 15 is 0 Å². The van der Waals surface area contributed by atoms with Crippen LogP contribution in [0.3, 0.4) is 0 Å². The van der Waals surface area contributed by atoms with Crippen LogP contribution in [0.5, 0.6) is 5.75 Å². The second kappa shape index (κ2) is 8.18. The van der Waals surface area contributed by atoms with Gasteiger partial charge in [0.2, 0.25) is 15.9 Å². The molecule has 0 aliphatic heterocycles. The number of anilines is 1. The second-order valence-electron chi connectivity index (χ2n) is 5.78. The summed E-state index contributed by atoms with van der Waals surface area (Å²) in [6.45, 7) is 1.72. The van der Waals surface area contributed by atoms with Gasteiger partial charge in [0.1, 0.15) is 17.6 Å². The van der Waals surface area contributed by atoms with Crippen molar-refractivity contribution < 1.29 is 22.3 Å². The van der Waals surface area contributed by atoms with Crippen molar-refractivity contribution in [3.63, 3.8) is 0 Å². The van der Waals surface area contributed by atoms with Crippen molar-refractivity contribution in [3.05, 3.63) is 59.9 Å². The molecule has 26 heavy (non-hydrogen) atoms. The zero-order valence-corrected chi connectivity index (χ0v) is 15.6. The quantitative estimate of drug-likeness (QED) is 0.800. The fourth-order valence-electron chi connectivity index (χ4n) is 2.48. The molecule has 0 saturated heterocycles. The fraction of sp³-hybridized carbons (Fsp3) is 0.278. The third-order valence-corrected chi connectivity index (χ3v) is 5.04. The van der Waals surface area contributed by atoms with E-state index in [1.807, 2.05) is 0 Å². The van der Waals surface area contributed by atoms with Crippen LogP contribution >= 0.6 is 0 Å². The summed E-state index contributed by atoms with van der Waals surface area (Å²) in [4.78, 5) is 12.5. The molecule has 1 atom stereocenters.